The first-order chi connectivity index (χ1) is 10.7. The Morgan fingerprint density at radius 2 is 2.13 bits per heavy atom. The summed E-state index contributed by atoms with van der Waals surface area (Å²) in [7, 11) is 1.76. The first-order valence-electron chi connectivity index (χ1n) is 7.53. The number of likely N-dealkylation sites (N-methyl/N-ethyl adjacent to an activating group) is 1. The summed E-state index contributed by atoms with van der Waals surface area (Å²) in [5, 5.41) is 5.73. The maximum absolute atomic E-state index is 11.8. The molecular weight excluding hydrogens is 296 g/mol. The number of nitrogens with two attached hydrogens (primary N) is 1. The summed E-state index contributed by atoms with van der Waals surface area (Å²) in [5.74, 6) is 0.0246. The molecule has 0 aliphatic carbocycles. The highest BCUT2D eigenvalue weighted by Gasteiger charge is 2.27. The van der Waals surface area contributed by atoms with Gasteiger partial charge in [-0.2, -0.15) is 0 Å². The Bertz CT molecular complexity index is 610. The molecule has 2 amide bonds. The zero-order chi connectivity index (χ0) is 17.2. The topological polar surface area (TPSA) is 96.7 Å². The van der Waals surface area contributed by atoms with Gasteiger partial charge in [-0.1, -0.05) is 6.07 Å². The van der Waals surface area contributed by atoms with Crippen LogP contribution in [0.4, 0.5) is 16.2 Å². The van der Waals surface area contributed by atoms with Crippen molar-refractivity contribution in [3.8, 4) is 0 Å². The molecule has 0 saturated carbocycles. The number of piperazine rings is 1. The highest BCUT2D eigenvalue weighted by Crippen LogP contribution is 2.28. The van der Waals surface area contributed by atoms with Crippen LogP contribution in [0.2, 0.25) is 0 Å². The number of ether oxygens (including phenoxy) is 1. The molecule has 126 valence electrons. The average Bonchev–Trinajstić information content (AvgIpc) is 2.40. The minimum atomic E-state index is -0.563. The quantitative estimate of drug-likeness (QED) is 0.721. The molecule has 1 fully saturated rings. The maximum Gasteiger partial charge on any atom is 0.412 e. The van der Waals surface area contributed by atoms with Gasteiger partial charge in [-0.05, 0) is 38.5 Å². The lowest BCUT2D eigenvalue weighted by atomic mass is 10.0. The van der Waals surface area contributed by atoms with Crippen molar-refractivity contribution in [1.82, 2.24) is 10.2 Å². The summed E-state index contributed by atoms with van der Waals surface area (Å²) in [4.78, 5) is 25.3. The van der Waals surface area contributed by atoms with Crippen LogP contribution in [-0.4, -0.2) is 42.6 Å². The first-order valence-corrected chi connectivity index (χ1v) is 7.53. The van der Waals surface area contributed by atoms with Crippen molar-refractivity contribution in [3.63, 3.8) is 0 Å². The predicted molar refractivity (Wildman–Crippen MR) is 89.1 cm³/mol. The molecule has 1 aliphatic rings. The largest absolute Gasteiger partial charge is 0.444 e. The van der Waals surface area contributed by atoms with Gasteiger partial charge < -0.3 is 20.7 Å². The number of hydrogen-bond acceptors (Lipinski definition) is 5. The molecule has 0 spiro atoms. The van der Waals surface area contributed by atoms with E-state index < -0.39 is 11.7 Å². The lowest BCUT2D eigenvalue weighted by Crippen LogP contribution is -2.48. The third-order valence-electron chi connectivity index (χ3n) is 3.57. The summed E-state index contributed by atoms with van der Waals surface area (Å²) >= 11 is 0. The van der Waals surface area contributed by atoms with E-state index in [2.05, 4.69) is 10.6 Å². The Kier molecular flexibility index (Phi) is 4.79. The number of nitrogens with zero attached hydrogens (tertiary/aromatic N) is 1. The zero-order valence-corrected chi connectivity index (χ0v) is 14.0. The Balaban J connectivity index is 2.12. The summed E-state index contributed by atoms with van der Waals surface area (Å²) in [6, 6.07) is 5.13. The molecule has 7 nitrogen and oxygen atoms in total. The van der Waals surface area contributed by atoms with Crippen molar-refractivity contribution in [2.45, 2.75) is 32.4 Å². The van der Waals surface area contributed by atoms with Crippen molar-refractivity contribution in [1.29, 1.82) is 0 Å². The van der Waals surface area contributed by atoms with E-state index in [1.165, 1.54) is 0 Å². The van der Waals surface area contributed by atoms with Gasteiger partial charge in [0.25, 0.3) is 0 Å². The second-order valence-corrected chi connectivity index (χ2v) is 6.62. The van der Waals surface area contributed by atoms with Crippen molar-refractivity contribution in [2.24, 2.45) is 0 Å². The fourth-order valence-corrected chi connectivity index (χ4v) is 2.45. The first kappa shape index (κ1) is 17.1. The molecule has 1 unspecified atom stereocenters. The molecule has 0 aromatic heterocycles. The van der Waals surface area contributed by atoms with Crippen LogP contribution in [0.1, 0.15) is 32.4 Å². The van der Waals surface area contributed by atoms with E-state index in [4.69, 9.17) is 10.5 Å². The maximum atomic E-state index is 11.8. The van der Waals surface area contributed by atoms with Crippen LogP contribution < -0.4 is 16.4 Å². The molecule has 1 aromatic rings. The molecule has 0 bridgehead atoms. The van der Waals surface area contributed by atoms with Gasteiger partial charge in [0.2, 0.25) is 5.91 Å². The van der Waals surface area contributed by atoms with Crippen LogP contribution in [0.5, 0.6) is 0 Å². The number of carbonyl (C=O) groups excluding carboxylic acids is 2. The lowest BCUT2D eigenvalue weighted by Gasteiger charge is -2.34. The fraction of sp³-hybridized carbons (Fsp3) is 0.500. The molecule has 23 heavy (non-hydrogen) atoms. The van der Waals surface area contributed by atoms with Crippen LogP contribution in [0.3, 0.4) is 0 Å². The Hall–Kier alpha value is -2.28. The standard InChI is InChI=1S/C16H24N4O3/c1-16(2,3)23-15(22)19-10-5-6-11(12(17)7-10)13-8-18-9-14(21)20(13)4/h5-7,13,18H,8-9,17H2,1-4H3,(H,19,22). The number of nitrogen functional groups attached to an aromatic ring is 1. The van der Waals surface area contributed by atoms with Gasteiger partial charge in [-0.25, -0.2) is 4.79 Å². The molecule has 0 radical (unpaired) electrons. The van der Waals surface area contributed by atoms with Crippen LogP contribution >= 0.6 is 0 Å². The lowest BCUT2D eigenvalue weighted by molar-refractivity contribution is -0.133. The van der Waals surface area contributed by atoms with Crippen molar-refractivity contribution in [3.05, 3.63) is 23.8 Å². The molecule has 1 aliphatic heterocycles. The van der Waals surface area contributed by atoms with Crippen molar-refractivity contribution in [2.75, 3.05) is 31.2 Å². The van der Waals surface area contributed by atoms with Gasteiger partial charge in [0.15, 0.2) is 0 Å². The van der Waals surface area contributed by atoms with Crippen LogP contribution in [-0.2, 0) is 9.53 Å². The fourth-order valence-electron chi connectivity index (χ4n) is 2.45. The Morgan fingerprint density at radius 3 is 2.74 bits per heavy atom. The highest BCUT2D eigenvalue weighted by atomic mass is 16.6. The van der Waals surface area contributed by atoms with E-state index in [0.717, 1.165) is 5.56 Å². The molecule has 1 heterocycles. The molecule has 4 N–H and O–H groups in total. The van der Waals surface area contributed by atoms with E-state index in [1.54, 1.807) is 44.9 Å². The van der Waals surface area contributed by atoms with E-state index in [9.17, 15) is 9.59 Å². The number of benzene rings is 1. The zero-order valence-electron chi connectivity index (χ0n) is 14.0. The Labute approximate surface area is 136 Å². The summed E-state index contributed by atoms with van der Waals surface area (Å²) < 4.78 is 5.21. The van der Waals surface area contributed by atoms with E-state index in [0.29, 0.717) is 24.5 Å². The SMILES string of the molecule is CN1C(=O)CNCC1c1ccc(NC(=O)OC(C)(C)C)cc1N. The van der Waals surface area contributed by atoms with Crippen molar-refractivity contribution < 1.29 is 14.3 Å². The molecule has 1 saturated heterocycles. The van der Waals surface area contributed by atoms with Gasteiger partial charge in [-0.15, -0.1) is 0 Å². The molecule has 7 heteroatoms. The van der Waals surface area contributed by atoms with Gasteiger partial charge in [0, 0.05) is 25.0 Å². The average molecular weight is 320 g/mol. The molecular formula is C16H24N4O3. The summed E-state index contributed by atoms with van der Waals surface area (Å²) in [6.45, 7) is 6.38. The number of amides is 2. The summed E-state index contributed by atoms with van der Waals surface area (Å²) in [6.07, 6.45) is -0.531. The van der Waals surface area contributed by atoms with E-state index >= 15 is 0 Å². The minimum absolute atomic E-state index is 0.0246. The highest BCUT2D eigenvalue weighted by molar-refractivity contribution is 5.86. The number of carbonyl (C=O) groups is 2. The van der Waals surface area contributed by atoms with Crippen LogP contribution in [0, 0.1) is 0 Å². The van der Waals surface area contributed by atoms with Gasteiger partial charge in [0.1, 0.15) is 5.60 Å². The molecule has 2 rings (SSSR count). The van der Waals surface area contributed by atoms with Gasteiger partial charge >= 0.3 is 6.09 Å². The van der Waals surface area contributed by atoms with Gasteiger partial charge in [-0.3, -0.25) is 10.1 Å². The smallest absolute Gasteiger partial charge is 0.412 e. The normalized spacial score (nSPS) is 18.7. The van der Waals surface area contributed by atoms with Gasteiger partial charge in [0.05, 0.1) is 12.6 Å². The monoisotopic (exact) mass is 320 g/mol. The predicted octanol–water partition coefficient (Wildman–Crippen LogP) is 1.72. The second kappa shape index (κ2) is 6.45. The molecule has 1 aromatic carbocycles. The number of nitrogens with one attached hydrogen (secondary N) is 2. The third-order valence-corrected chi connectivity index (χ3v) is 3.57. The third kappa shape index (κ3) is 4.35. The molecule has 1 atom stereocenters. The minimum Gasteiger partial charge on any atom is -0.444 e. The number of anilines is 2. The number of hydrogen-bond donors (Lipinski definition) is 3. The van der Waals surface area contributed by atoms with Crippen LogP contribution in [0.15, 0.2) is 18.2 Å². The van der Waals surface area contributed by atoms with E-state index in [-0.39, 0.29) is 11.9 Å². The van der Waals surface area contributed by atoms with E-state index in [1.807, 2.05) is 6.07 Å². The Morgan fingerprint density at radius 1 is 1.43 bits per heavy atom. The van der Waals surface area contributed by atoms with Crippen LogP contribution in [0.25, 0.3) is 0 Å². The second-order valence-electron chi connectivity index (χ2n) is 6.62. The number of rotatable bonds is 2. The van der Waals surface area contributed by atoms with Crippen molar-refractivity contribution >= 4 is 23.4 Å². The summed E-state index contributed by atoms with van der Waals surface area (Å²) in [5.41, 5.74) is 7.47.